The fourth-order valence-corrected chi connectivity index (χ4v) is 1.31. The lowest BCUT2D eigenvalue weighted by Crippen LogP contribution is -1.83. The Morgan fingerprint density at radius 1 is 1.20 bits per heavy atom. The zero-order chi connectivity index (χ0) is 7.23. The van der Waals surface area contributed by atoms with Gasteiger partial charge in [-0.15, -0.1) is 0 Å². The quantitative estimate of drug-likeness (QED) is 0.484. The Morgan fingerprint density at radius 2 is 2.00 bits per heavy atom. The molecule has 0 nitrogen and oxygen atoms in total. The van der Waals surface area contributed by atoms with E-state index in [1.807, 2.05) is 0 Å². The van der Waals surface area contributed by atoms with Crippen LogP contribution in [-0.4, -0.2) is 0 Å². The number of allylic oxidation sites excluding steroid dienone is 4. The molecule has 0 fully saturated rings. The molecule has 0 aromatic heterocycles. The molecule has 0 amide bonds. The second-order valence-electron chi connectivity index (χ2n) is 2.80. The third-order valence-electron chi connectivity index (χ3n) is 2.02. The van der Waals surface area contributed by atoms with Crippen molar-refractivity contribution in [3.05, 3.63) is 23.8 Å². The van der Waals surface area contributed by atoms with Crippen LogP contribution in [0.1, 0.15) is 39.0 Å². The van der Waals surface area contributed by atoms with Crippen molar-refractivity contribution in [3.63, 3.8) is 0 Å². The van der Waals surface area contributed by atoms with Crippen LogP contribution >= 0.6 is 0 Å². The maximum Gasteiger partial charge on any atom is -0.0286 e. The van der Waals surface area contributed by atoms with E-state index in [0.717, 1.165) is 0 Å². The average Bonchev–Trinajstić information content (AvgIpc) is 1.87. The molecule has 0 unspecified atom stereocenters. The van der Waals surface area contributed by atoms with Crippen LogP contribution in [0, 0.1) is 0 Å². The van der Waals surface area contributed by atoms with Crippen LogP contribution in [0.2, 0.25) is 0 Å². The van der Waals surface area contributed by atoms with Crippen LogP contribution in [0.3, 0.4) is 0 Å². The minimum absolute atomic E-state index is 1.24. The first kappa shape index (κ1) is 7.59. The molecule has 0 N–H and O–H groups in total. The van der Waals surface area contributed by atoms with E-state index >= 15 is 0 Å². The van der Waals surface area contributed by atoms with E-state index in [0.29, 0.717) is 0 Å². The van der Waals surface area contributed by atoms with Crippen LogP contribution < -0.4 is 0 Å². The number of rotatable bonds is 1. The smallest absolute Gasteiger partial charge is 0.0286 e. The molecule has 0 heteroatoms. The molecule has 1 aliphatic carbocycles. The van der Waals surface area contributed by atoms with Gasteiger partial charge in [-0.1, -0.05) is 30.7 Å². The van der Waals surface area contributed by atoms with Gasteiger partial charge in [0.2, 0.25) is 0 Å². The predicted molar refractivity (Wildman–Crippen MR) is 46.0 cm³/mol. The summed E-state index contributed by atoms with van der Waals surface area (Å²) < 4.78 is 0. The summed E-state index contributed by atoms with van der Waals surface area (Å²) in [5.41, 5.74) is 1.64. The van der Waals surface area contributed by atoms with Crippen LogP contribution in [0.15, 0.2) is 23.8 Å². The molecule has 0 saturated heterocycles. The van der Waals surface area contributed by atoms with Gasteiger partial charge in [-0.2, -0.15) is 0 Å². The minimum Gasteiger partial charge on any atom is -0.0882 e. The van der Waals surface area contributed by atoms with Gasteiger partial charge in [-0.05, 0) is 32.1 Å². The SMILES string of the molecule is CC/C1=C/CC/C=C\CC1. The van der Waals surface area contributed by atoms with Gasteiger partial charge in [0.25, 0.3) is 0 Å². The average molecular weight is 136 g/mol. The van der Waals surface area contributed by atoms with Crippen molar-refractivity contribution in [2.24, 2.45) is 0 Å². The Hall–Kier alpha value is -0.520. The molecule has 0 aromatic rings. The first-order valence-electron chi connectivity index (χ1n) is 4.26. The standard InChI is InChI=1S/C10H16/c1-2-10-8-6-4-3-5-7-9-10/h3-4,9H,2,5-8H2,1H3/b4-3-,10-9-. The van der Waals surface area contributed by atoms with Crippen molar-refractivity contribution in [1.29, 1.82) is 0 Å². The molecule has 0 bridgehead atoms. The van der Waals surface area contributed by atoms with Crippen molar-refractivity contribution in [1.82, 2.24) is 0 Å². The van der Waals surface area contributed by atoms with Crippen LogP contribution in [-0.2, 0) is 0 Å². The molecule has 10 heavy (non-hydrogen) atoms. The molecule has 0 aromatic carbocycles. The first-order chi connectivity index (χ1) is 4.93. The number of hydrogen-bond donors (Lipinski definition) is 0. The van der Waals surface area contributed by atoms with Crippen molar-refractivity contribution in [2.75, 3.05) is 0 Å². The molecular weight excluding hydrogens is 120 g/mol. The van der Waals surface area contributed by atoms with E-state index in [9.17, 15) is 0 Å². The van der Waals surface area contributed by atoms with Gasteiger partial charge in [-0.3, -0.25) is 0 Å². The third kappa shape index (κ3) is 2.38. The van der Waals surface area contributed by atoms with E-state index in [1.54, 1.807) is 5.57 Å². The van der Waals surface area contributed by atoms with Gasteiger partial charge in [0, 0.05) is 0 Å². The van der Waals surface area contributed by atoms with Crippen molar-refractivity contribution in [3.8, 4) is 0 Å². The van der Waals surface area contributed by atoms with E-state index in [1.165, 1.54) is 32.1 Å². The van der Waals surface area contributed by atoms with Crippen LogP contribution in [0.5, 0.6) is 0 Å². The maximum atomic E-state index is 2.41. The highest BCUT2D eigenvalue weighted by Gasteiger charge is 1.94. The third-order valence-corrected chi connectivity index (χ3v) is 2.02. The Morgan fingerprint density at radius 3 is 2.80 bits per heavy atom. The Labute approximate surface area is 63.6 Å². The lowest BCUT2D eigenvalue weighted by Gasteiger charge is -2.04. The molecule has 56 valence electrons. The molecule has 0 saturated carbocycles. The molecule has 0 spiro atoms. The predicted octanol–water partition coefficient (Wildman–Crippen LogP) is 3.45. The second-order valence-corrected chi connectivity index (χ2v) is 2.80. The lowest BCUT2D eigenvalue weighted by molar-refractivity contribution is 0.863. The second kappa shape index (κ2) is 4.32. The number of hydrogen-bond acceptors (Lipinski definition) is 0. The molecule has 0 heterocycles. The monoisotopic (exact) mass is 136 g/mol. The topological polar surface area (TPSA) is 0 Å². The largest absolute Gasteiger partial charge is 0.0882 e. The van der Waals surface area contributed by atoms with E-state index < -0.39 is 0 Å². The highest BCUT2D eigenvalue weighted by molar-refractivity contribution is 5.05. The Kier molecular flexibility index (Phi) is 3.28. The molecule has 1 rings (SSSR count). The van der Waals surface area contributed by atoms with Gasteiger partial charge < -0.3 is 0 Å². The van der Waals surface area contributed by atoms with Crippen molar-refractivity contribution in [2.45, 2.75) is 39.0 Å². The van der Waals surface area contributed by atoms with Gasteiger partial charge in [0.05, 0.1) is 0 Å². The summed E-state index contributed by atoms with van der Waals surface area (Å²) in [6.07, 6.45) is 13.3. The van der Waals surface area contributed by atoms with Gasteiger partial charge in [-0.25, -0.2) is 0 Å². The van der Waals surface area contributed by atoms with Crippen molar-refractivity contribution < 1.29 is 0 Å². The zero-order valence-corrected chi connectivity index (χ0v) is 6.77. The summed E-state index contributed by atoms with van der Waals surface area (Å²) in [4.78, 5) is 0. The summed E-state index contributed by atoms with van der Waals surface area (Å²) in [6, 6.07) is 0. The summed E-state index contributed by atoms with van der Waals surface area (Å²) in [5.74, 6) is 0. The highest BCUT2D eigenvalue weighted by Crippen LogP contribution is 2.14. The Balaban J connectivity index is 2.41. The fourth-order valence-electron chi connectivity index (χ4n) is 1.31. The summed E-state index contributed by atoms with van der Waals surface area (Å²) in [7, 11) is 0. The molecule has 1 aliphatic rings. The van der Waals surface area contributed by atoms with Crippen LogP contribution in [0.25, 0.3) is 0 Å². The Bertz CT molecular complexity index is 140. The molecule has 0 atom stereocenters. The van der Waals surface area contributed by atoms with Crippen molar-refractivity contribution >= 4 is 0 Å². The van der Waals surface area contributed by atoms with Gasteiger partial charge in [0.1, 0.15) is 0 Å². The maximum absolute atomic E-state index is 2.41. The van der Waals surface area contributed by atoms with E-state index in [4.69, 9.17) is 0 Å². The molecule has 0 radical (unpaired) electrons. The lowest BCUT2D eigenvalue weighted by atomic mass is 10.0. The van der Waals surface area contributed by atoms with Crippen LogP contribution in [0.4, 0.5) is 0 Å². The summed E-state index contributed by atoms with van der Waals surface area (Å²) in [6.45, 7) is 2.25. The minimum atomic E-state index is 1.24. The highest BCUT2D eigenvalue weighted by atomic mass is 14.0. The zero-order valence-electron chi connectivity index (χ0n) is 6.77. The van der Waals surface area contributed by atoms with Gasteiger partial charge >= 0.3 is 0 Å². The summed E-state index contributed by atoms with van der Waals surface area (Å²) >= 11 is 0. The fraction of sp³-hybridized carbons (Fsp3) is 0.600. The van der Waals surface area contributed by atoms with E-state index in [2.05, 4.69) is 25.2 Å². The van der Waals surface area contributed by atoms with Gasteiger partial charge in [0.15, 0.2) is 0 Å². The molecular formula is C10H16. The normalized spacial score (nSPS) is 27.9. The van der Waals surface area contributed by atoms with E-state index in [-0.39, 0.29) is 0 Å². The first-order valence-corrected chi connectivity index (χ1v) is 4.26. The molecule has 0 aliphatic heterocycles. The summed E-state index contributed by atoms with van der Waals surface area (Å²) in [5, 5.41) is 0.